The van der Waals surface area contributed by atoms with Crippen molar-refractivity contribution in [2.24, 2.45) is 20.4 Å². The fraction of sp³-hybridized carbons (Fsp3) is 0.214. The first-order chi connectivity index (χ1) is 19.5. The van der Waals surface area contributed by atoms with Crippen LogP contribution in [0.3, 0.4) is 0 Å². The molecule has 0 atom stereocenters. The van der Waals surface area contributed by atoms with Crippen LogP contribution in [0.15, 0.2) is 75.0 Å². The van der Waals surface area contributed by atoms with Crippen molar-refractivity contribution in [3.8, 4) is 34.5 Å². The third-order valence-electron chi connectivity index (χ3n) is 5.36. The molecule has 0 aliphatic rings. The topological polar surface area (TPSA) is 129 Å². The standard InChI is InChI=1S/C28H32N6O6/c1-35-22-10-7-19(13-25(22)38-4)16-29-32-28(33-30-17-20-8-11-23(36-2)26(14-20)39-5)34-31-18-21-9-12-24(37-3)27(15-21)40-6/h7-18H,1-6H3,(H2,32,33,34)/b29-16+,30-17+,31-18+. The first kappa shape index (κ1) is 29.3. The highest BCUT2D eigenvalue weighted by molar-refractivity contribution is 5.87. The van der Waals surface area contributed by atoms with Crippen LogP contribution in [0.5, 0.6) is 34.5 Å². The lowest BCUT2D eigenvalue weighted by Gasteiger charge is -2.08. The Morgan fingerprint density at radius 2 is 0.850 bits per heavy atom. The molecule has 0 amide bonds. The van der Waals surface area contributed by atoms with Crippen molar-refractivity contribution in [2.45, 2.75) is 0 Å². The number of rotatable bonds is 12. The molecule has 0 fully saturated rings. The number of guanidine groups is 1. The minimum absolute atomic E-state index is 0.158. The lowest BCUT2D eigenvalue weighted by Crippen LogP contribution is -2.30. The molecule has 0 saturated carbocycles. The lowest BCUT2D eigenvalue weighted by molar-refractivity contribution is 0.355. The van der Waals surface area contributed by atoms with Crippen molar-refractivity contribution in [3.05, 3.63) is 71.3 Å². The van der Waals surface area contributed by atoms with E-state index in [9.17, 15) is 0 Å². The SMILES string of the molecule is COc1ccc(/C=N/N=C(N/N=C/c2ccc(OC)c(OC)c2)N/N=C/c2ccc(OC)c(OC)c2)cc1OC. The Bertz CT molecular complexity index is 1320. The fourth-order valence-electron chi connectivity index (χ4n) is 3.36. The maximum Gasteiger partial charge on any atom is 0.257 e. The second kappa shape index (κ2) is 15.2. The maximum atomic E-state index is 5.34. The van der Waals surface area contributed by atoms with E-state index in [1.54, 1.807) is 97.7 Å². The van der Waals surface area contributed by atoms with Gasteiger partial charge in [-0.15, -0.1) is 5.10 Å². The molecular formula is C28H32N6O6. The van der Waals surface area contributed by atoms with Crippen molar-refractivity contribution in [1.82, 2.24) is 10.9 Å². The van der Waals surface area contributed by atoms with Gasteiger partial charge in [0.05, 0.1) is 61.3 Å². The highest BCUT2D eigenvalue weighted by atomic mass is 16.5. The molecule has 0 heterocycles. The monoisotopic (exact) mass is 548 g/mol. The Morgan fingerprint density at radius 3 is 1.20 bits per heavy atom. The first-order valence-electron chi connectivity index (χ1n) is 11.9. The van der Waals surface area contributed by atoms with Gasteiger partial charge in [-0.1, -0.05) is 0 Å². The number of nitrogens with one attached hydrogen (secondary N) is 2. The van der Waals surface area contributed by atoms with Gasteiger partial charge in [0.15, 0.2) is 34.5 Å². The third-order valence-corrected chi connectivity index (χ3v) is 5.36. The number of ether oxygens (including phenoxy) is 6. The summed E-state index contributed by atoms with van der Waals surface area (Å²) in [7, 11) is 9.43. The highest BCUT2D eigenvalue weighted by Crippen LogP contribution is 2.28. The summed E-state index contributed by atoms with van der Waals surface area (Å²) < 4.78 is 31.8. The molecule has 0 bridgehead atoms. The van der Waals surface area contributed by atoms with E-state index in [0.717, 1.165) is 16.7 Å². The van der Waals surface area contributed by atoms with Crippen LogP contribution in [0.2, 0.25) is 0 Å². The zero-order valence-corrected chi connectivity index (χ0v) is 23.2. The van der Waals surface area contributed by atoms with Crippen LogP contribution >= 0.6 is 0 Å². The average molecular weight is 549 g/mol. The van der Waals surface area contributed by atoms with Crippen LogP contribution in [0.25, 0.3) is 0 Å². The maximum absolute atomic E-state index is 5.34. The van der Waals surface area contributed by atoms with Gasteiger partial charge < -0.3 is 28.4 Å². The number of hydrogen-bond donors (Lipinski definition) is 2. The molecule has 210 valence electrons. The first-order valence-corrected chi connectivity index (χ1v) is 11.9. The molecule has 3 rings (SSSR count). The van der Waals surface area contributed by atoms with E-state index < -0.39 is 0 Å². The summed E-state index contributed by atoms with van der Waals surface area (Å²) in [6.45, 7) is 0. The quantitative estimate of drug-likeness (QED) is 0.199. The summed E-state index contributed by atoms with van der Waals surface area (Å²) in [4.78, 5) is 0. The van der Waals surface area contributed by atoms with Crippen molar-refractivity contribution < 1.29 is 28.4 Å². The van der Waals surface area contributed by atoms with E-state index in [1.807, 2.05) is 18.2 Å². The fourth-order valence-corrected chi connectivity index (χ4v) is 3.36. The summed E-state index contributed by atoms with van der Waals surface area (Å²) in [6, 6.07) is 16.2. The van der Waals surface area contributed by atoms with Gasteiger partial charge in [-0.3, -0.25) is 0 Å². The van der Waals surface area contributed by atoms with Crippen molar-refractivity contribution in [3.63, 3.8) is 0 Å². The van der Waals surface area contributed by atoms with E-state index in [0.29, 0.717) is 34.5 Å². The van der Waals surface area contributed by atoms with E-state index in [2.05, 4.69) is 31.3 Å². The molecule has 0 unspecified atom stereocenters. The molecule has 12 heteroatoms. The van der Waals surface area contributed by atoms with Crippen molar-refractivity contribution in [1.29, 1.82) is 0 Å². The van der Waals surface area contributed by atoms with Crippen LogP contribution in [0.1, 0.15) is 16.7 Å². The molecule has 2 N–H and O–H groups in total. The largest absolute Gasteiger partial charge is 0.493 e. The highest BCUT2D eigenvalue weighted by Gasteiger charge is 2.05. The Morgan fingerprint density at radius 1 is 0.500 bits per heavy atom. The van der Waals surface area contributed by atoms with Crippen LogP contribution in [-0.4, -0.2) is 67.3 Å². The Hall–Kier alpha value is -5.26. The van der Waals surface area contributed by atoms with E-state index >= 15 is 0 Å². The minimum atomic E-state index is 0.158. The molecule has 0 aliphatic heterocycles. The van der Waals surface area contributed by atoms with E-state index in [4.69, 9.17) is 28.4 Å². The second-order valence-corrected chi connectivity index (χ2v) is 7.78. The second-order valence-electron chi connectivity index (χ2n) is 7.78. The summed E-state index contributed by atoms with van der Waals surface area (Å²) in [5.74, 6) is 3.74. The smallest absolute Gasteiger partial charge is 0.257 e. The van der Waals surface area contributed by atoms with Gasteiger partial charge in [-0.2, -0.15) is 15.3 Å². The van der Waals surface area contributed by atoms with E-state index in [1.165, 1.54) is 0 Å². The van der Waals surface area contributed by atoms with Gasteiger partial charge in [-0.25, -0.2) is 10.9 Å². The Balaban J connectivity index is 1.80. The van der Waals surface area contributed by atoms with Gasteiger partial charge in [0, 0.05) is 0 Å². The zero-order valence-electron chi connectivity index (χ0n) is 23.2. The van der Waals surface area contributed by atoms with Crippen molar-refractivity contribution >= 4 is 24.6 Å². The minimum Gasteiger partial charge on any atom is -0.493 e. The number of hydrazone groups is 2. The number of methoxy groups -OCH3 is 6. The van der Waals surface area contributed by atoms with E-state index in [-0.39, 0.29) is 5.96 Å². The molecule has 0 aromatic heterocycles. The summed E-state index contributed by atoms with van der Waals surface area (Å²) >= 11 is 0. The Kier molecular flexibility index (Phi) is 11.2. The zero-order chi connectivity index (χ0) is 28.7. The lowest BCUT2D eigenvalue weighted by atomic mass is 10.2. The predicted molar refractivity (Wildman–Crippen MR) is 155 cm³/mol. The summed E-state index contributed by atoms with van der Waals surface area (Å²) in [5, 5.41) is 16.8. The van der Waals surface area contributed by atoms with Gasteiger partial charge >= 0.3 is 0 Å². The average Bonchev–Trinajstić information content (AvgIpc) is 3.00. The number of nitrogens with zero attached hydrogens (tertiary/aromatic N) is 4. The number of hydrogen-bond acceptors (Lipinski definition) is 10. The normalized spacial score (nSPS) is 10.9. The molecule has 0 saturated heterocycles. The molecule has 3 aromatic carbocycles. The van der Waals surface area contributed by atoms with Gasteiger partial charge in [0.2, 0.25) is 0 Å². The molecule has 0 aliphatic carbocycles. The van der Waals surface area contributed by atoms with Crippen molar-refractivity contribution in [2.75, 3.05) is 42.7 Å². The van der Waals surface area contributed by atoms with Gasteiger partial charge in [0.1, 0.15) is 0 Å². The summed E-state index contributed by atoms with van der Waals surface area (Å²) in [6.07, 6.45) is 4.74. The molecular weight excluding hydrogens is 516 g/mol. The van der Waals surface area contributed by atoms with Crippen LogP contribution < -0.4 is 39.3 Å². The predicted octanol–water partition coefficient (Wildman–Crippen LogP) is 3.68. The molecule has 40 heavy (non-hydrogen) atoms. The molecule has 12 nitrogen and oxygen atoms in total. The molecule has 0 spiro atoms. The van der Waals surface area contributed by atoms with Crippen LogP contribution in [-0.2, 0) is 0 Å². The Labute approximate surface area is 232 Å². The molecule has 0 radical (unpaired) electrons. The molecule has 3 aromatic rings. The summed E-state index contributed by atoms with van der Waals surface area (Å²) in [5.41, 5.74) is 7.91. The third kappa shape index (κ3) is 8.12. The van der Waals surface area contributed by atoms with Crippen LogP contribution in [0.4, 0.5) is 0 Å². The number of benzene rings is 3. The van der Waals surface area contributed by atoms with Gasteiger partial charge in [0.25, 0.3) is 5.96 Å². The van der Waals surface area contributed by atoms with Gasteiger partial charge in [-0.05, 0) is 71.3 Å². The van der Waals surface area contributed by atoms with Crippen LogP contribution in [0, 0.1) is 0 Å².